The van der Waals surface area contributed by atoms with Crippen molar-refractivity contribution in [3.05, 3.63) is 17.8 Å². The van der Waals surface area contributed by atoms with E-state index in [2.05, 4.69) is 20.4 Å². The van der Waals surface area contributed by atoms with Crippen LogP contribution in [0.15, 0.2) is 12.1 Å². The number of carbonyl (C=O) groups excluding carboxylic acids is 2. The van der Waals surface area contributed by atoms with E-state index < -0.39 is 0 Å². The highest BCUT2D eigenvalue weighted by Gasteiger charge is 2.25. The molecule has 9 nitrogen and oxygen atoms in total. The van der Waals surface area contributed by atoms with E-state index in [9.17, 15) is 9.59 Å². The molecular formula is C17H25N5O4. The molecule has 2 saturated heterocycles. The van der Waals surface area contributed by atoms with Gasteiger partial charge < -0.3 is 24.6 Å². The molecule has 0 spiro atoms. The van der Waals surface area contributed by atoms with E-state index in [1.165, 1.54) is 0 Å². The van der Waals surface area contributed by atoms with Crippen molar-refractivity contribution >= 4 is 17.8 Å². The lowest BCUT2D eigenvalue weighted by molar-refractivity contribution is 0.0856. The fourth-order valence-corrected chi connectivity index (χ4v) is 3.09. The Morgan fingerprint density at radius 1 is 1.19 bits per heavy atom. The summed E-state index contributed by atoms with van der Waals surface area (Å²) in [6.07, 6.45) is 1.11. The number of hydrogen-bond donors (Lipinski definition) is 1. The molecular weight excluding hydrogens is 338 g/mol. The van der Waals surface area contributed by atoms with E-state index in [0.29, 0.717) is 51.4 Å². The average Bonchev–Trinajstić information content (AvgIpc) is 2.69. The molecule has 2 fully saturated rings. The van der Waals surface area contributed by atoms with Gasteiger partial charge in [0.25, 0.3) is 5.91 Å². The second kappa shape index (κ2) is 8.79. The van der Waals surface area contributed by atoms with E-state index in [1.807, 2.05) is 6.07 Å². The van der Waals surface area contributed by atoms with Crippen LogP contribution in [0.3, 0.4) is 0 Å². The first-order chi connectivity index (χ1) is 12.7. The minimum absolute atomic E-state index is 0.0221. The average molecular weight is 363 g/mol. The lowest BCUT2D eigenvalue weighted by Gasteiger charge is -2.31. The molecule has 26 heavy (non-hydrogen) atoms. The number of ether oxygens (including phenoxy) is 2. The van der Waals surface area contributed by atoms with Gasteiger partial charge in [-0.3, -0.25) is 4.79 Å². The van der Waals surface area contributed by atoms with Gasteiger partial charge >= 0.3 is 6.09 Å². The zero-order valence-electron chi connectivity index (χ0n) is 15.0. The molecule has 2 aliphatic rings. The van der Waals surface area contributed by atoms with Crippen molar-refractivity contribution in [1.82, 2.24) is 20.4 Å². The van der Waals surface area contributed by atoms with Crippen molar-refractivity contribution < 1.29 is 19.1 Å². The largest absolute Gasteiger partial charge is 0.450 e. The van der Waals surface area contributed by atoms with Gasteiger partial charge in [0.15, 0.2) is 11.5 Å². The molecule has 0 aliphatic carbocycles. The summed E-state index contributed by atoms with van der Waals surface area (Å²) in [6.45, 7) is 6.21. The third-order valence-corrected chi connectivity index (χ3v) is 4.57. The Hall–Kier alpha value is -2.42. The highest BCUT2D eigenvalue weighted by atomic mass is 16.6. The Labute approximate surface area is 152 Å². The van der Waals surface area contributed by atoms with E-state index in [0.717, 1.165) is 18.9 Å². The Morgan fingerprint density at radius 3 is 2.54 bits per heavy atom. The van der Waals surface area contributed by atoms with E-state index in [4.69, 9.17) is 9.47 Å². The molecule has 1 N–H and O–H groups in total. The van der Waals surface area contributed by atoms with Crippen molar-refractivity contribution in [2.75, 3.05) is 50.9 Å². The lowest BCUT2D eigenvalue weighted by atomic mass is 10.1. The Kier molecular flexibility index (Phi) is 6.21. The summed E-state index contributed by atoms with van der Waals surface area (Å²) in [5.41, 5.74) is 0.301. The van der Waals surface area contributed by atoms with Crippen molar-refractivity contribution in [2.45, 2.75) is 25.8 Å². The topological polar surface area (TPSA) is 96.9 Å². The zero-order chi connectivity index (χ0) is 18.4. The molecule has 0 saturated carbocycles. The third kappa shape index (κ3) is 4.60. The second-order valence-corrected chi connectivity index (χ2v) is 6.31. The van der Waals surface area contributed by atoms with Crippen LogP contribution in [0.2, 0.25) is 0 Å². The van der Waals surface area contributed by atoms with Gasteiger partial charge in [-0.2, -0.15) is 0 Å². The maximum atomic E-state index is 12.4. The van der Waals surface area contributed by atoms with Crippen LogP contribution in [-0.2, 0) is 9.47 Å². The van der Waals surface area contributed by atoms with Gasteiger partial charge in [0.1, 0.15) is 0 Å². The molecule has 2 aliphatic heterocycles. The molecule has 0 atom stereocenters. The number of carbonyl (C=O) groups is 2. The first-order valence-electron chi connectivity index (χ1n) is 9.06. The summed E-state index contributed by atoms with van der Waals surface area (Å²) in [7, 11) is 0. The van der Waals surface area contributed by atoms with Crippen molar-refractivity contribution in [1.29, 1.82) is 0 Å². The van der Waals surface area contributed by atoms with Gasteiger partial charge in [-0.05, 0) is 31.9 Å². The fourth-order valence-electron chi connectivity index (χ4n) is 3.09. The van der Waals surface area contributed by atoms with Gasteiger partial charge in [-0.15, -0.1) is 10.2 Å². The number of hydrogen-bond acceptors (Lipinski definition) is 7. The third-order valence-electron chi connectivity index (χ3n) is 4.57. The molecule has 1 aromatic heterocycles. The van der Waals surface area contributed by atoms with Gasteiger partial charge in [-0.1, -0.05) is 0 Å². The molecule has 0 unspecified atom stereocenters. The summed E-state index contributed by atoms with van der Waals surface area (Å²) < 4.78 is 10.3. The van der Waals surface area contributed by atoms with Crippen molar-refractivity contribution in [3.63, 3.8) is 0 Å². The quantitative estimate of drug-likeness (QED) is 0.839. The number of amides is 2. The maximum Gasteiger partial charge on any atom is 0.409 e. The van der Waals surface area contributed by atoms with Crippen LogP contribution in [0.4, 0.5) is 10.6 Å². The lowest BCUT2D eigenvalue weighted by Crippen LogP contribution is -2.46. The van der Waals surface area contributed by atoms with Crippen LogP contribution in [0.5, 0.6) is 0 Å². The van der Waals surface area contributed by atoms with E-state index >= 15 is 0 Å². The van der Waals surface area contributed by atoms with Crippen LogP contribution in [0, 0.1) is 0 Å². The van der Waals surface area contributed by atoms with Gasteiger partial charge in [0, 0.05) is 32.2 Å². The summed E-state index contributed by atoms with van der Waals surface area (Å²) in [6, 6.07) is 3.53. The van der Waals surface area contributed by atoms with Crippen LogP contribution in [-0.4, -0.2) is 79.1 Å². The number of likely N-dealkylation sites (tertiary alicyclic amines) is 1. The van der Waals surface area contributed by atoms with Crippen molar-refractivity contribution in [3.8, 4) is 0 Å². The number of aromatic nitrogens is 2. The monoisotopic (exact) mass is 363 g/mol. The van der Waals surface area contributed by atoms with Crippen LogP contribution >= 0.6 is 0 Å². The minimum atomic E-state index is -0.290. The SMILES string of the molecule is CCOC(=O)N1CCC(NC(=O)c2ccc(N3CCOCC3)nn2)CC1. The van der Waals surface area contributed by atoms with Crippen molar-refractivity contribution in [2.24, 2.45) is 0 Å². The molecule has 9 heteroatoms. The molecule has 1 aromatic rings. The Bertz CT molecular complexity index is 610. The molecule has 2 amide bonds. The normalized spacial score (nSPS) is 18.5. The summed E-state index contributed by atoms with van der Waals surface area (Å²) in [5.74, 6) is 0.521. The summed E-state index contributed by atoms with van der Waals surface area (Å²) in [5, 5.41) is 11.2. The van der Waals surface area contributed by atoms with Gasteiger partial charge in [0.05, 0.1) is 19.8 Å². The van der Waals surface area contributed by atoms with E-state index in [1.54, 1.807) is 17.9 Å². The molecule has 0 radical (unpaired) electrons. The number of morpholine rings is 1. The number of nitrogens with zero attached hydrogens (tertiary/aromatic N) is 4. The standard InChI is InChI=1S/C17H25N5O4/c1-2-26-17(24)22-7-5-13(6-8-22)18-16(23)14-3-4-15(20-19-14)21-9-11-25-12-10-21/h3-4,13H,2,5-12H2,1H3,(H,18,23). The number of anilines is 1. The Balaban J connectivity index is 1.48. The van der Waals surface area contributed by atoms with Crippen LogP contribution < -0.4 is 10.2 Å². The van der Waals surface area contributed by atoms with Gasteiger partial charge in [-0.25, -0.2) is 4.79 Å². The first-order valence-corrected chi connectivity index (χ1v) is 9.06. The van der Waals surface area contributed by atoms with E-state index in [-0.39, 0.29) is 18.0 Å². The number of nitrogens with one attached hydrogen (secondary N) is 1. The zero-order valence-corrected chi connectivity index (χ0v) is 15.0. The highest BCUT2D eigenvalue weighted by Crippen LogP contribution is 2.14. The maximum absolute atomic E-state index is 12.4. The first kappa shape index (κ1) is 18.4. The van der Waals surface area contributed by atoms with Gasteiger partial charge in [0.2, 0.25) is 0 Å². The van der Waals surface area contributed by atoms with Crippen LogP contribution in [0.25, 0.3) is 0 Å². The number of rotatable bonds is 4. The number of piperidine rings is 1. The predicted octanol–water partition coefficient (Wildman–Crippen LogP) is 0.664. The molecule has 3 rings (SSSR count). The molecule has 0 bridgehead atoms. The molecule has 0 aromatic carbocycles. The van der Waals surface area contributed by atoms with Crippen LogP contribution in [0.1, 0.15) is 30.3 Å². The second-order valence-electron chi connectivity index (χ2n) is 6.31. The predicted molar refractivity (Wildman–Crippen MR) is 94.1 cm³/mol. The highest BCUT2D eigenvalue weighted by molar-refractivity contribution is 5.92. The molecule has 3 heterocycles. The smallest absolute Gasteiger partial charge is 0.409 e. The fraction of sp³-hybridized carbons (Fsp3) is 0.647. The summed E-state index contributed by atoms with van der Waals surface area (Å²) in [4.78, 5) is 27.8. The minimum Gasteiger partial charge on any atom is -0.450 e. The Morgan fingerprint density at radius 2 is 1.92 bits per heavy atom. The molecule has 142 valence electrons. The summed E-state index contributed by atoms with van der Waals surface area (Å²) >= 11 is 0.